The van der Waals surface area contributed by atoms with Gasteiger partial charge in [0.1, 0.15) is 0 Å². The maximum absolute atomic E-state index is 6.05. The maximum Gasteiger partial charge on any atom is 0.0811 e. The number of para-hydroxylation sites is 4. The molecule has 3 rings (SSSR count). The fourth-order valence-corrected chi connectivity index (χ4v) is 1.85. The first-order valence-electron chi connectivity index (χ1n) is 4.86. The number of anilines is 4. The largest absolute Gasteiger partial charge is 0.352 e. The van der Waals surface area contributed by atoms with Crippen LogP contribution in [0.25, 0.3) is 0 Å². The number of rotatable bonds is 0. The zero-order valence-electron chi connectivity index (χ0n) is 8.14. The fraction of sp³-hybridized carbons (Fsp3) is 0. The smallest absolute Gasteiger partial charge is 0.0811 e. The fourth-order valence-electron chi connectivity index (χ4n) is 1.85. The van der Waals surface area contributed by atoms with Crippen molar-refractivity contribution in [1.82, 2.24) is 0 Å². The molecule has 3 nitrogen and oxygen atoms in total. The highest BCUT2D eigenvalue weighted by Crippen LogP contribution is 2.40. The SMILES string of the molecule is NN1c2ccccc2Nc2ccccc21. The van der Waals surface area contributed by atoms with Gasteiger partial charge in [0.05, 0.1) is 22.7 Å². The Labute approximate surface area is 88.1 Å². The second kappa shape index (κ2) is 3.00. The van der Waals surface area contributed by atoms with Crippen LogP contribution in [0.4, 0.5) is 22.7 Å². The molecule has 1 aliphatic rings. The molecule has 0 aromatic heterocycles. The lowest BCUT2D eigenvalue weighted by molar-refractivity contribution is 1.07. The first-order chi connectivity index (χ1) is 7.36. The minimum atomic E-state index is 0.996. The van der Waals surface area contributed by atoms with Crippen molar-refractivity contribution in [2.75, 3.05) is 10.3 Å². The van der Waals surface area contributed by atoms with E-state index in [4.69, 9.17) is 5.84 Å². The van der Waals surface area contributed by atoms with Gasteiger partial charge in [0.25, 0.3) is 0 Å². The second-order valence-corrected chi connectivity index (χ2v) is 3.53. The molecule has 0 amide bonds. The van der Waals surface area contributed by atoms with Gasteiger partial charge < -0.3 is 5.32 Å². The van der Waals surface area contributed by atoms with E-state index in [9.17, 15) is 0 Å². The molecule has 0 saturated heterocycles. The zero-order chi connectivity index (χ0) is 10.3. The number of hydrazine groups is 1. The monoisotopic (exact) mass is 197 g/mol. The van der Waals surface area contributed by atoms with Crippen molar-refractivity contribution in [2.45, 2.75) is 0 Å². The van der Waals surface area contributed by atoms with Gasteiger partial charge in [-0.25, -0.2) is 5.84 Å². The first kappa shape index (κ1) is 8.32. The van der Waals surface area contributed by atoms with Crippen molar-refractivity contribution < 1.29 is 0 Å². The normalized spacial score (nSPS) is 12.7. The Morgan fingerprint density at radius 3 is 1.80 bits per heavy atom. The molecule has 0 atom stereocenters. The molecule has 0 aliphatic carbocycles. The molecule has 74 valence electrons. The van der Waals surface area contributed by atoms with Crippen LogP contribution in [0.3, 0.4) is 0 Å². The molecule has 0 fully saturated rings. The Morgan fingerprint density at radius 2 is 1.27 bits per heavy atom. The van der Waals surface area contributed by atoms with E-state index in [2.05, 4.69) is 5.32 Å². The Hall–Kier alpha value is -2.00. The molecule has 0 spiro atoms. The summed E-state index contributed by atoms with van der Waals surface area (Å²) in [5.74, 6) is 6.05. The summed E-state index contributed by atoms with van der Waals surface area (Å²) in [5.41, 5.74) is 4.07. The third-order valence-electron chi connectivity index (χ3n) is 2.60. The summed E-state index contributed by atoms with van der Waals surface area (Å²) in [6.45, 7) is 0. The summed E-state index contributed by atoms with van der Waals surface area (Å²) >= 11 is 0. The van der Waals surface area contributed by atoms with Crippen molar-refractivity contribution in [2.24, 2.45) is 5.84 Å². The summed E-state index contributed by atoms with van der Waals surface area (Å²) in [5, 5.41) is 5.06. The Kier molecular flexibility index (Phi) is 1.66. The van der Waals surface area contributed by atoms with Gasteiger partial charge in [-0.2, -0.15) is 0 Å². The van der Waals surface area contributed by atoms with Crippen molar-refractivity contribution >= 4 is 22.7 Å². The van der Waals surface area contributed by atoms with Crippen LogP contribution in [0.1, 0.15) is 0 Å². The van der Waals surface area contributed by atoms with Crippen LogP contribution >= 0.6 is 0 Å². The molecule has 0 radical (unpaired) electrons. The standard InChI is InChI=1S/C12H11N3/c13-15-11-7-3-1-5-9(11)14-10-6-2-4-8-12(10)15/h1-8,14H,13H2. The number of nitrogens with zero attached hydrogens (tertiary/aromatic N) is 1. The highest BCUT2D eigenvalue weighted by atomic mass is 15.4. The van der Waals surface area contributed by atoms with Gasteiger partial charge in [-0.3, -0.25) is 5.01 Å². The van der Waals surface area contributed by atoms with Crippen LogP contribution in [0.2, 0.25) is 0 Å². The lowest BCUT2D eigenvalue weighted by Gasteiger charge is -2.29. The molecule has 0 bridgehead atoms. The highest BCUT2D eigenvalue weighted by Gasteiger charge is 2.18. The molecular weight excluding hydrogens is 186 g/mol. The summed E-state index contributed by atoms with van der Waals surface area (Å²) in [7, 11) is 0. The maximum atomic E-state index is 6.05. The lowest BCUT2D eigenvalue weighted by Crippen LogP contribution is -2.28. The van der Waals surface area contributed by atoms with Gasteiger partial charge in [0.2, 0.25) is 0 Å². The van der Waals surface area contributed by atoms with Gasteiger partial charge in [-0.05, 0) is 24.3 Å². The predicted octanol–water partition coefficient (Wildman–Crippen LogP) is 2.76. The number of fused-ring (bicyclic) bond motifs is 2. The molecular formula is C12H11N3. The summed E-state index contributed by atoms with van der Waals surface area (Å²) < 4.78 is 0. The van der Waals surface area contributed by atoms with Crippen molar-refractivity contribution in [3.05, 3.63) is 48.5 Å². The van der Waals surface area contributed by atoms with Crippen molar-refractivity contribution in [3.63, 3.8) is 0 Å². The van der Waals surface area contributed by atoms with E-state index in [-0.39, 0.29) is 0 Å². The number of nitrogens with two attached hydrogens (primary N) is 1. The van der Waals surface area contributed by atoms with E-state index < -0.39 is 0 Å². The van der Waals surface area contributed by atoms with E-state index in [0.29, 0.717) is 0 Å². The van der Waals surface area contributed by atoms with Gasteiger partial charge in [0.15, 0.2) is 0 Å². The molecule has 2 aromatic rings. The van der Waals surface area contributed by atoms with Crippen LogP contribution in [-0.2, 0) is 0 Å². The predicted molar refractivity (Wildman–Crippen MR) is 62.5 cm³/mol. The minimum absolute atomic E-state index is 0.996. The van der Waals surface area contributed by atoms with Crippen LogP contribution < -0.4 is 16.2 Å². The zero-order valence-corrected chi connectivity index (χ0v) is 8.14. The Balaban J connectivity index is 2.20. The number of benzene rings is 2. The van der Waals surface area contributed by atoms with Gasteiger partial charge in [-0.1, -0.05) is 24.3 Å². The van der Waals surface area contributed by atoms with Crippen molar-refractivity contribution in [1.29, 1.82) is 0 Å². The van der Waals surface area contributed by atoms with Crippen molar-refractivity contribution in [3.8, 4) is 0 Å². The van der Waals surface area contributed by atoms with Gasteiger partial charge in [-0.15, -0.1) is 0 Å². The summed E-state index contributed by atoms with van der Waals surface area (Å²) in [4.78, 5) is 0. The summed E-state index contributed by atoms with van der Waals surface area (Å²) in [6, 6.07) is 16.0. The molecule has 1 heterocycles. The Morgan fingerprint density at radius 1 is 0.800 bits per heavy atom. The third-order valence-corrected chi connectivity index (χ3v) is 2.60. The number of hydrogen-bond donors (Lipinski definition) is 2. The molecule has 3 heteroatoms. The van der Waals surface area contributed by atoms with Gasteiger partial charge >= 0.3 is 0 Å². The average Bonchev–Trinajstić information content (AvgIpc) is 2.30. The quantitative estimate of drug-likeness (QED) is 0.638. The highest BCUT2D eigenvalue weighted by molar-refractivity contribution is 5.90. The van der Waals surface area contributed by atoms with Crippen LogP contribution in [-0.4, -0.2) is 0 Å². The van der Waals surface area contributed by atoms with E-state index in [1.54, 1.807) is 5.01 Å². The average molecular weight is 197 g/mol. The van der Waals surface area contributed by atoms with E-state index in [1.165, 1.54) is 0 Å². The third kappa shape index (κ3) is 1.17. The molecule has 0 unspecified atom stereocenters. The first-order valence-corrected chi connectivity index (χ1v) is 4.86. The van der Waals surface area contributed by atoms with E-state index >= 15 is 0 Å². The summed E-state index contributed by atoms with van der Waals surface area (Å²) in [6.07, 6.45) is 0. The van der Waals surface area contributed by atoms with Crippen LogP contribution in [0.15, 0.2) is 48.5 Å². The topological polar surface area (TPSA) is 41.3 Å². The molecule has 2 aromatic carbocycles. The van der Waals surface area contributed by atoms with Crippen LogP contribution in [0.5, 0.6) is 0 Å². The van der Waals surface area contributed by atoms with Crippen LogP contribution in [0, 0.1) is 0 Å². The molecule has 0 saturated carbocycles. The van der Waals surface area contributed by atoms with Gasteiger partial charge in [0, 0.05) is 0 Å². The minimum Gasteiger partial charge on any atom is -0.352 e. The number of hydrogen-bond acceptors (Lipinski definition) is 3. The second-order valence-electron chi connectivity index (χ2n) is 3.53. The lowest BCUT2D eigenvalue weighted by atomic mass is 10.1. The van der Waals surface area contributed by atoms with E-state index in [0.717, 1.165) is 22.7 Å². The Bertz CT molecular complexity index is 462. The molecule has 1 aliphatic heterocycles. The molecule has 3 N–H and O–H groups in total. The molecule has 15 heavy (non-hydrogen) atoms. The van der Waals surface area contributed by atoms with E-state index in [1.807, 2.05) is 48.5 Å². The number of nitrogens with one attached hydrogen (secondary N) is 1.